The predicted molar refractivity (Wildman–Crippen MR) is 57.1 cm³/mol. The molecule has 2 aromatic heterocycles. The molecule has 0 saturated heterocycles. The van der Waals surface area contributed by atoms with Gasteiger partial charge in [-0.05, 0) is 18.1 Å². The summed E-state index contributed by atoms with van der Waals surface area (Å²) in [5, 5.41) is 9.83. The lowest BCUT2D eigenvalue weighted by Gasteiger charge is -2.02. The number of rotatable bonds is 2. The number of hydrogen-bond donors (Lipinski definition) is 2. The van der Waals surface area contributed by atoms with Crippen molar-refractivity contribution >= 4 is 17.0 Å². The van der Waals surface area contributed by atoms with Gasteiger partial charge in [-0.25, -0.2) is 9.78 Å². The van der Waals surface area contributed by atoms with Gasteiger partial charge in [0, 0.05) is 17.3 Å². The predicted octanol–water partition coefficient (Wildman–Crippen LogP) is 2.38. The standard InChI is InChI=1S/C11H12N2O2/c1-6(2)9-8(11(14)15)7-4-3-5-12-10(7)13-9/h3-6H,1-2H3,(H,12,13)(H,14,15). The van der Waals surface area contributed by atoms with Crippen molar-refractivity contribution in [3.05, 3.63) is 29.6 Å². The molecule has 0 aliphatic rings. The number of aromatic carboxylic acids is 1. The molecule has 78 valence electrons. The van der Waals surface area contributed by atoms with Gasteiger partial charge in [-0.3, -0.25) is 0 Å². The van der Waals surface area contributed by atoms with Gasteiger partial charge in [-0.15, -0.1) is 0 Å². The van der Waals surface area contributed by atoms with E-state index in [1.807, 2.05) is 13.8 Å². The van der Waals surface area contributed by atoms with Gasteiger partial charge in [0.05, 0.1) is 5.56 Å². The monoisotopic (exact) mass is 204 g/mol. The molecule has 0 saturated carbocycles. The summed E-state index contributed by atoms with van der Waals surface area (Å²) in [5.41, 5.74) is 1.71. The topological polar surface area (TPSA) is 66.0 Å². The van der Waals surface area contributed by atoms with E-state index in [1.165, 1.54) is 0 Å². The Morgan fingerprint density at radius 3 is 2.87 bits per heavy atom. The molecule has 0 unspecified atom stereocenters. The summed E-state index contributed by atoms with van der Waals surface area (Å²) in [7, 11) is 0. The van der Waals surface area contributed by atoms with Crippen molar-refractivity contribution in [1.82, 2.24) is 9.97 Å². The molecule has 0 fully saturated rings. The Bertz CT molecular complexity index is 514. The minimum Gasteiger partial charge on any atom is -0.478 e. The van der Waals surface area contributed by atoms with Crippen molar-refractivity contribution in [2.45, 2.75) is 19.8 Å². The highest BCUT2D eigenvalue weighted by Crippen LogP contribution is 2.26. The zero-order chi connectivity index (χ0) is 11.0. The lowest BCUT2D eigenvalue weighted by atomic mass is 10.0. The fraction of sp³-hybridized carbons (Fsp3) is 0.273. The third-order valence-electron chi connectivity index (χ3n) is 2.39. The third-order valence-corrected chi connectivity index (χ3v) is 2.39. The highest BCUT2D eigenvalue weighted by molar-refractivity contribution is 6.03. The van der Waals surface area contributed by atoms with Crippen LogP contribution in [0.15, 0.2) is 18.3 Å². The van der Waals surface area contributed by atoms with Crippen LogP contribution in [-0.2, 0) is 0 Å². The molecule has 2 rings (SSSR count). The van der Waals surface area contributed by atoms with Crippen LogP contribution in [0, 0.1) is 0 Å². The maximum Gasteiger partial charge on any atom is 0.338 e. The molecule has 0 aliphatic heterocycles. The molecule has 4 heteroatoms. The van der Waals surface area contributed by atoms with E-state index < -0.39 is 5.97 Å². The van der Waals surface area contributed by atoms with Crippen molar-refractivity contribution in [3.63, 3.8) is 0 Å². The Balaban J connectivity index is 2.80. The van der Waals surface area contributed by atoms with E-state index in [0.717, 1.165) is 5.69 Å². The van der Waals surface area contributed by atoms with Crippen LogP contribution in [0.1, 0.15) is 35.8 Å². The second-order valence-electron chi connectivity index (χ2n) is 3.77. The number of fused-ring (bicyclic) bond motifs is 1. The fourth-order valence-corrected chi connectivity index (χ4v) is 1.71. The molecule has 0 spiro atoms. The maximum absolute atomic E-state index is 11.2. The highest BCUT2D eigenvalue weighted by atomic mass is 16.4. The quantitative estimate of drug-likeness (QED) is 0.789. The Kier molecular flexibility index (Phi) is 2.19. The molecule has 2 N–H and O–H groups in total. The molecule has 0 aromatic carbocycles. The number of carboxylic acids is 1. The molecule has 0 radical (unpaired) electrons. The van der Waals surface area contributed by atoms with Crippen LogP contribution >= 0.6 is 0 Å². The molecule has 2 aromatic rings. The van der Waals surface area contributed by atoms with Gasteiger partial charge in [0.2, 0.25) is 0 Å². The summed E-state index contributed by atoms with van der Waals surface area (Å²) < 4.78 is 0. The van der Waals surface area contributed by atoms with Crippen LogP contribution in [0.5, 0.6) is 0 Å². The SMILES string of the molecule is CC(C)c1[nH]c2ncccc2c1C(=O)O. The third kappa shape index (κ3) is 1.48. The number of H-pyrrole nitrogens is 1. The van der Waals surface area contributed by atoms with Crippen molar-refractivity contribution in [2.24, 2.45) is 0 Å². The Morgan fingerprint density at radius 1 is 1.53 bits per heavy atom. The molecule has 4 nitrogen and oxygen atoms in total. The first-order valence-electron chi connectivity index (χ1n) is 4.81. The van der Waals surface area contributed by atoms with E-state index in [4.69, 9.17) is 5.11 Å². The second kappa shape index (κ2) is 3.38. The smallest absolute Gasteiger partial charge is 0.338 e. The van der Waals surface area contributed by atoms with E-state index in [-0.39, 0.29) is 5.92 Å². The first kappa shape index (κ1) is 9.71. The lowest BCUT2D eigenvalue weighted by Crippen LogP contribution is -2.01. The van der Waals surface area contributed by atoms with Gasteiger partial charge < -0.3 is 10.1 Å². The number of aromatic nitrogens is 2. The fourth-order valence-electron chi connectivity index (χ4n) is 1.71. The molecule has 2 heterocycles. The van der Waals surface area contributed by atoms with E-state index in [2.05, 4.69) is 9.97 Å². The number of pyridine rings is 1. The first-order valence-corrected chi connectivity index (χ1v) is 4.81. The highest BCUT2D eigenvalue weighted by Gasteiger charge is 2.19. The number of hydrogen-bond acceptors (Lipinski definition) is 2. The average Bonchev–Trinajstić information content (AvgIpc) is 2.56. The van der Waals surface area contributed by atoms with Gasteiger partial charge >= 0.3 is 5.97 Å². The largest absolute Gasteiger partial charge is 0.478 e. The Hall–Kier alpha value is -1.84. The Morgan fingerprint density at radius 2 is 2.27 bits per heavy atom. The summed E-state index contributed by atoms with van der Waals surface area (Å²) in [6.45, 7) is 3.91. The van der Waals surface area contributed by atoms with Crippen molar-refractivity contribution in [2.75, 3.05) is 0 Å². The zero-order valence-electron chi connectivity index (χ0n) is 8.61. The Labute approximate surface area is 87.0 Å². The number of aromatic amines is 1. The lowest BCUT2D eigenvalue weighted by molar-refractivity contribution is 0.0697. The van der Waals surface area contributed by atoms with Gasteiger partial charge in [0.25, 0.3) is 0 Å². The van der Waals surface area contributed by atoms with E-state index in [1.54, 1.807) is 18.3 Å². The van der Waals surface area contributed by atoms with Gasteiger partial charge in [-0.1, -0.05) is 13.8 Å². The van der Waals surface area contributed by atoms with Gasteiger partial charge in [0.1, 0.15) is 5.65 Å². The average molecular weight is 204 g/mol. The van der Waals surface area contributed by atoms with Crippen LogP contribution in [0.2, 0.25) is 0 Å². The normalized spacial score (nSPS) is 11.1. The summed E-state index contributed by atoms with van der Waals surface area (Å²) in [5.74, 6) is -0.761. The minimum atomic E-state index is -0.905. The van der Waals surface area contributed by atoms with E-state index in [0.29, 0.717) is 16.6 Å². The van der Waals surface area contributed by atoms with Gasteiger partial charge in [0.15, 0.2) is 0 Å². The van der Waals surface area contributed by atoms with Crippen LogP contribution < -0.4 is 0 Å². The minimum absolute atomic E-state index is 0.144. The van der Waals surface area contributed by atoms with Crippen molar-refractivity contribution in [3.8, 4) is 0 Å². The number of carbonyl (C=O) groups is 1. The van der Waals surface area contributed by atoms with Gasteiger partial charge in [-0.2, -0.15) is 0 Å². The molecular weight excluding hydrogens is 192 g/mol. The maximum atomic E-state index is 11.2. The van der Waals surface area contributed by atoms with Crippen molar-refractivity contribution in [1.29, 1.82) is 0 Å². The van der Waals surface area contributed by atoms with Crippen LogP contribution in [0.4, 0.5) is 0 Å². The number of nitrogens with one attached hydrogen (secondary N) is 1. The van der Waals surface area contributed by atoms with E-state index in [9.17, 15) is 4.79 Å². The van der Waals surface area contributed by atoms with E-state index >= 15 is 0 Å². The van der Waals surface area contributed by atoms with Crippen LogP contribution in [0.25, 0.3) is 11.0 Å². The molecule has 0 amide bonds. The second-order valence-corrected chi connectivity index (χ2v) is 3.77. The zero-order valence-corrected chi connectivity index (χ0v) is 8.61. The number of nitrogens with zero attached hydrogens (tertiary/aromatic N) is 1. The van der Waals surface area contributed by atoms with Crippen LogP contribution in [-0.4, -0.2) is 21.0 Å². The molecule has 0 bridgehead atoms. The molecule has 0 atom stereocenters. The summed E-state index contributed by atoms with van der Waals surface area (Å²) in [6.07, 6.45) is 1.65. The number of carboxylic acid groups (broad SMARTS) is 1. The summed E-state index contributed by atoms with van der Waals surface area (Å²) >= 11 is 0. The molecular formula is C11H12N2O2. The van der Waals surface area contributed by atoms with Crippen LogP contribution in [0.3, 0.4) is 0 Å². The molecule has 15 heavy (non-hydrogen) atoms. The van der Waals surface area contributed by atoms with Crippen molar-refractivity contribution < 1.29 is 9.90 Å². The summed E-state index contributed by atoms with van der Waals surface area (Å²) in [6, 6.07) is 3.51. The summed E-state index contributed by atoms with van der Waals surface area (Å²) in [4.78, 5) is 18.3. The first-order chi connectivity index (χ1) is 7.11. The molecule has 0 aliphatic carbocycles.